The zero-order chi connectivity index (χ0) is 14.3. The summed E-state index contributed by atoms with van der Waals surface area (Å²) in [5.41, 5.74) is 5.36. The molecule has 3 N–H and O–H groups in total. The number of amides is 1. The molecule has 5 heteroatoms. The highest BCUT2D eigenvalue weighted by Crippen LogP contribution is 2.21. The van der Waals surface area contributed by atoms with Gasteiger partial charge in [0.15, 0.2) is 0 Å². The molecule has 0 atom stereocenters. The van der Waals surface area contributed by atoms with E-state index in [1.165, 1.54) is 0 Å². The van der Waals surface area contributed by atoms with Gasteiger partial charge in [-0.15, -0.1) is 0 Å². The number of rotatable bonds is 7. The number of primary amides is 1. The SMILES string of the molecule is CC(C)(CCC#N)CNC1CCN(CC(N)=O)CC1. The predicted octanol–water partition coefficient (Wildman–Crippen LogP) is 0.856. The first-order valence-electron chi connectivity index (χ1n) is 7.04. The van der Waals surface area contributed by atoms with E-state index in [4.69, 9.17) is 11.0 Å². The lowest BCUT2D eigenvalue weighted by Gasteiger charge is -2.34. The number of hydrogen-bond donors (Lipinski definition) is 2. The molecule has 19 heavy (non-hydrogen) atoms. The molecule has 1 saturated heterocycles. The Morgan fingerprint density at radius 2 is 2.11 bits per heavy atom. The lowest BCUT2D eigenvalue weighted by Crippen LogP contribution is -2.47. The second kappa shape index (κ2) is 7.46. The average molecular weight is 266 g/mol. The minimum Gasteiger partial charge on any atom is -0.369 e. The fourth-order valence-corrected chi connectivity index (χ4v) is 2.42. The summed E-state index contributed by atoms with van der Waals surface area (Å²) in [5.74, 6) is -0.246. The summed E-state index contributed by atoms with van der Waals surface area (Å²) in [7, 11) is 0. The van der Waals surface area contributed by atoms with E-state index in [0.717, 1.165) is 38.9 Å². The largest absolute Gasteiger partial charge is 0.369 e. The van der Waals surface area contributed by atoms with E-state index < -0.39 is 0 Å². The molecular formula is C14H26N4O. The number of carbonyl (C=O) groups is 1. The summed E-state index contributed by atoms with van der Waals surface area (Å²) in [5, 5.41) is 12.2. The van der Waals surface area contributed by atoms with Gasteiger partial charge in [0.25, 0.3) is 0 Å². The van der Waals surface area contributed by atoms with Gasteiger partial charge in [0, 0.05) is 32.1 Å². The smallest absolute Gasteiger partial charge is 0.231 e. The molecule has 0 aromatic carbocycles. The summed E-state index contributed by atoms with van der Waals surface area (Å²) in [6.45, 7) is 7.56. The van der Waals surface area contributed by atoms with E-state index in [1.807, 2.05) is 0 Å². The van der Waals surface area contributed by atoms with Crippen LogP contribution in [0.25, 0.3) is 0 Å². The van der Waals surface area contributed by atoms with Gasteiger partial charge in [0.1, 0.15) is 0 Å². The zero-order valence-electron chi connectivity index (χ0n) is 12.1. The van der Waals surface area contributed by atoms with Crippen molar-refractivity contribution in [1.29, 1.82) is 5.26 Å². The Bertz CT molecular complexity index is 327. The van der Waals surface area contributed by atoms with Gasteiger partial charge >= 0.3 is 0 Å². The molecule has 0 bridgehead atoms. The number of nitriles is 1. The molecule has 1 aliphatic rings. The van der Waals surface area contributed by atoms with Gasteiger partial charge in [-0.2, -0.15) is 5.26 Å². The number of hydrogen-bond acceptors (Lipinski definition) is 4. The standard InChI is InChI=1S/C14H26N4O/c1-14(2,6-3-7-15)11-17-12-4-8-18(9-5-12)10-13(16)19/h12,17H,3-6,8-11H2,1-2H3,(H2,16,19). The summed E-state index contributed by atoms with van der Waals surface area (Å²) in [4.78, 5) is 13.0. The van der Waals surface area contributed by atoms with E-state index in [-0.39, 0.29) is 11.3 Å². The van der Waals surface area contributed by atoms with Crippen LogP contribution in [0.2, 0.25) is 0 Å². The number of likely N-dealkylation sites (tertiary alicyclic amines) is 1. The maximum absolute atomic E-state index is 10.8. The van der Waals surface area contributed by atoms with E-state index >= 15 is 0 Å². The molecule has 1 rings (SSSR count). The Hall–Kier alpha value is -1.12. The number of nitrogens with zero attached hydrogens (tertiary/aromatic N) is 2. The number of carbonyl (C=O) groups excluding carboxylic acids is 1. The Morgan fingerprint density at radius 3 is 2.63 bits per heavy atom. The molecule has 0 unspecified atom stereocenters. The summed E-state index contributed by atoms with van der Waals surface area (Å²) >= 11 is 0. The predicted molar refractivity (Wildman–Crippen MR) is 75.3 cm³/mol. The Balaban J connectivity index is 2.22. The van der Waals surface area contributed by atoms with Crippen LogP contribution in [0.5, 0.6) is 0 Å². The van der Waals surface area contributed by atoms with Crippen LogP contribution < -0.4 is 11.1 Å². The molecule has 1 heterocycles. The Kier molecular flexibility index (Phi) is 6.26. The highest BCUT2D eigenvalue weighted by molar-refractivity contribution is 5.75. The third-order valence-electron chi connectivity index (χ3n) is 3.75. The minimum absolute atomic E-state index is 0.167. The van der Waals surface area contributed by atoms with Gasteiger partial charge in [-0.3, -0.25) is 9.69 Å². The summed E-state index contributed by atoms with van der Waals surface area (Å²) < 4.78 is 0. The Morgan fingerprint density at radius 1 is 1.47 bits per heavy atom. The van der Waals surface area contributed by atoms with Crippen molar-refractivity contribution in [2.45, 2.75) is 45.6 Å². The molecule has 0 aromatic heterocycles. The van der Waals surface area contributed by atoms with Gasteiger partial charge in [-0.25, -0.2) is 0 Å². The van der Waals surface area contributed by atoms with Crippen LogP contribution in [-0.2, 0) is 4.79 Å². The highest BCUT2D eigenvalue weighted by atomic mass is 16.1. The van der Waals surface area contributed by atoms with Gasteiger partial charge in [-0.05, 0) is 24.7 Å². The van der Waals surface area contributed by atoms with Crippen LogP contribution in [-0.4, -0.2) is 43.0 Å². The normalized spacial score (nSPS) is 18.2. The fraction of sp³-hybridized carbons (Fsp3) is 0.857. The first-order chi connectivity index (χ1) is 8.93. The Labute approximate surface area is 116 Å². The van der Waals surface area contributed by atoms with Crippen molar-refractivity contribution in [3.8, 4) is 6.07 Å². The molecule has 0 aromatic rings. The van der Waals surface area contributed by atoms with Crippen molar-refractivity contribution >= 4 is 5.91 Å². The fourth-order valence-electron chi connectivity index (χ4n) is 2.42. The van der Waals surface area contributed by atoms with Crippen molar-refractivity contribution < 1.29 is 4.79 Å². The quantitative estimate of drug-likeness (QED) is 0.716. The van der Waals surface area contributed by atoms with Crippen molar-refractivity contribution in [2.24, 2.45) is 11.1 Å². The number of nitrogens with one attached hydrogen (secondary N) is 1. The van der Waals surface area contributed by atoms with Crippen LogP contribution in [0.1, 0.15) is 39.5 Å². The van der Waals surface area contributed by atoms with Gasteiger partial charge in [-0.1, -0.05) is 13.8 Å². The lowest BCUT2D eigenvalue weighted by molar-refractivity contribution is -0.119. The van der Waals surface area contributed by atoms with Crippen molar-refractivity contribution in [2.75, 3.05) is 26.2 Å². The molecule has 5 nitrogen and oxygen atoms in total. The second-order valence-electron chi connectivity index (χ2n) is 6.22. The van der Waals surface area contributed by atoms with Crippen LogP contribution in [0, 0.1) is 16.7 Å². The van der Waals surface area contributed by atoms with E-state index in [2.05, 4.69) is 30.1 Å². The highest BCUT2D eigenvalue weighted by Gasteiger charge is 2.23. The van der Waals surface area contributed by atoms with Crippen LogP contribution >= 0.6 is 0 Å². The van der Waals surface area contributed by atoms with Gasteiger partial charge in [0.05, 0.1) is 12.6 Å². The third kappa shape index (κ3) is 6.55. The number of nitrogens with two attached hydrogens (primary N) is 1. The monoisotopic (exact) mass is 266 g/mol. The topological polar surface area (TPSA) is 82.2 Å². The zero-order valence-corrected chi connectivity index (χ0v) is 12.1. The van der Waals surface area contributed by atoms with Crippen LogP contribution in [0.4, 0.5) is 0 Å². The van der Waals surface area contributed by atoms with E-state index in [9.17, 15) is 4.79 Å². The maximum Gasteiger partial charge on any atom is 0.231 e. The first-order valence-corrected chi connectivity index (χ1v) is 7.04. The first kappa shape index (κ1) is 15.9. The third-order valence-corrected chi connectivity index (χ3v) is 3.75. The average Bonchev–Trinajstić information content (AvgIpc) is 2.35. The molecule has 0 spiro atoms. The van der Waals surface area contributed by atoms with Gasteiger partial charge in [0.2, 0.25) is 5.91 Å². The molecule has 108 valence electrons. The minimum atomic E-state index is -0.246. The maximum atomic E-state index is 10.8. The molecular weight excluding hydrogens is 240 g/mol. The van der Waals surface area contributed by atoms with E-state index in [1.54, 1.807) is 0 Å². The molecule has 1 fully saturated rings. The molecule has 0 radical (unpaired) electrons. The van der Waals surface area contributed by atoms with Crippen molar-refractivity contribution in [3.63, 3.8) is 0 Å². The second-order valence-corrected chi connectivity index (χ2v) is 6.22. The van der Waals surface area contributed by atoms with Crippen molar-refractivity contribution in [3.05, 3.63) is 0 Å². The van der Waals surface area contributed by atoms with Gasteiger partial charge < -0.3 is 11.1 Å². The van der Waals surface area contributed by atoms with Crippen LogP contribution in [0.3, 0.4) is 0 Å². The molecule has 0 aliphatic carbocycles. The molecule has 0 saturated carbocycles. The summed E-state index contributed by atoms with van der Waals surface area (Å²) in [6.07, 6.45) is 3.66. The molecule has 1 amide bonds. The molecule has 1 aliphatic heterocycles. The van der Waals surface area contributed by atoms with Crippen molar-refractivity contribution in [1.82, 2.24) is 10.2 Å². The lowest BCUT2D eigenvalue weighted by atomic mass is 9.87. The summed E-state index contributed by atoms with van der Waals surface area (Å²) in [6, 6.07) is 2.73. The number of piperidine rings is 1. The van der Waals surface area contributed by atoms with E-state index in [0.29, 0.717) is 19.0 Å². The van der Waals surface area contributed by atoms with Crippen LogP contribution in [0.15, 0.2) is 0 Å².